The van der Waals surface area contributed by atoms with Gasteiger partial charge >= 0.3 is 0 Å². The summed E-state index contributed by atoms with van der Waals surface area (Å²) in [7, 11) is 0. The Morgan fingerprint density at radius 2 is 0.589 bits per heavy atom. The van der Waals surface area contributed by atoms with Gasteiger partial charge in [0.1, 0.15) is 5.78 Å². The fraction of sp³-hybridized carbons (Fsp3) is 0.927. The van der Waals surface area contributed by atoms with E-state index in [4.69, 9.17) is 0 Å². The summed E-state index contributed by atoms with van der Waals surface area (Å²) in [6, 6.07) is 0. The lowest BCUT2D eigenvalue weighted by Crippen LogP contribution is -2.40. The van der Waals surface area contributed by atoms with Gasteiger partial charge in [0.25, 0.3) is 0 Å². The van der Waals surface area contributed by atoms with Crippen LogP contribution in [0.2, 0.25) is 0 Å². The minimum atomic E-state index is -0.471. The molecule has 0 saturated carbocycles. The fourth-order valence-electron chi connectivity index (χ4n) is 13.1. The summed E-state index contributed by atoms with van der Waals surface area (Å²) in [5.74, 6) is 0.520. The van der Waals surface area contributed by atoms with Crippen molar-refractivity contribution in [2.24, 2.45) is 0 Å². The first-order valence-electron chi connectivity index (χ1n) is 41.0. The van der Waals surface area contributed by atoms with Gasteiger partial charge in [-0.1, -0.05) is 322 Å². The van der Waals surface area contributed by atoms with Gasteiger partial charge in [0.2, 0.25) is 5.91 Å². The van der Waals surface area contributed by atoms with E-state index in [9.17, 15) is 19.8 Å². The third kappa shape index (κ3) is 72.3. The molecule has 2 unspecified atom stereocenters. The van der Waals surface area contributed by atoms with Crippen LogP contribution in [0, 0.1) is 0 Å². The Hall–Kier alpha value is -1.58. The highest BCUT2D eigenvalue weighted by Crippen LogP contribution is 2.18. The molecule has 0 saturated heterocycles. The van der Waals surface area contributed by atoms with Gasteiger partial charge in [0.05, 0.1) is 12.2 Å². The van der Waals surface area contributed by atoms with E-state index in [1.165, 1.54) is 327 Å². The summed E-state index contributed by atoms with van der Waals surface area (Å²) in [6.45, 7) is 16.5. The lowest BCUT2D eigenvalue weighted by atomic mass is 10.0. The Balaban J connectivity index is 4.92. The van der Waals surface area contributed by atoms with E-state index in [-0.39, 0.29) is 12.0 Å². The first-order chi connectivity index (χ1) is 44.4. The van der Waals surface area contributed by atoms with Crippen LogP contribution in [0.25, 0.3) is 0 Å². The molecule has 0 aliphatic carbocycles. The van der Waals surface area contributed by atoms with Crippen molar-refractivity contribution in [3.05, 3.63) is 24.3 Å². The molecule has 0 rings (SSSR count). The molecule has 534 valence electrons. The largest absolute Gasteiger partial charge is 0.392 e. The average Bonchev–Trinajstić information content (AvgIpc) is 3.70. The minimum Gasteiger partial charge on any atom is -0.392 e. The Labute approximate surface area is 563 Å². The van der Waals surface area contributed by atoms with E-state index in [0.717, 1.165) is 90.6 Å². The second-order valence-corrected chi connectivity index (χ2v) is 28.5. The number of carbonyl (C=O) groups is 2. The van der Waals surface area contributed by atoms with Crippen LogP contribution in [0.1, 0.15) is 419 Å². The number of nitrogens with zero attached hydrogens (tertiary/aromatic N) is 2. The lowest BCUT2D eigenvalue weighted by molar-refractivity contribution is -0.121. The van der Waals surface area contributed by atoms with E-state index in [1.807, 2.05) is 0 Å². The number of unbranched alkanes of at least 4 members (excludes halogenated alkanes) is 49. The van der Waals surface area contributed by atoms with Crippen LogP contribution in [0.3, 0.4) is 0 Å². The minimum absolute atomic E-state index is 0.107. The number of hydrogen-bond donors (Lipinski definition) is 4. The van der Waals surface area contributed by atoms with Crippen molar-refractivity contribution in [3.63, 3.8) is 0 Å². The summed E-state index contributed by atoms with van der Waals surface area (Å²) in [5, 5.41) is 29.2. The second-order valence-electron chi connectivity index (χ2n) is 28.5. The maximum Gasteiger partial charge on any atom is 0.221 e. The van der Waals surface area contributed by atoms with Gasteiger partial charge in [-0.05, 0) is 129 Å². The van der Waals surface area contributed by atoms with Gasteiger partial charge in [-0.25, -0.2) is 0 Å². The molecule has 0 radical (unpaired) electrons. The first-order valence-corrected chi connectivity index (χ1v) is 41.0. The molecule has 0 aromatic carbocycles. The molecule has 0 spiro atoms. The summed E-state index contributed by atoms with van der Waals surface area (Å²) < 4.78 is 0. The highest BCUT2D eigenvalue weighted by molar-refractivity contribution is 5.78. The van der Waals surface area contributed by atoms with Crippen molar-refractivity contribution in [1.29, 1.82) is 0 Å². The lowest BCUT2D eigenvalue weighted by Gasteiger charge is -2.27. The average molecular weight is 1270 g/mol. The van der Waals surface area contributed by atoms with Crippen molar-refractivity contribution >= 4 is 11.7 Å². The molecule has 0 aromatic rings. The quantitative estimate of drug-likeness (QED) is 0.0355. The standard InChI is InChI=1S/C82H162N4O4/c1-5-9-13-17-21-25-29-33-35-37-38-40-42-46-50-54-58-66-79(87)67-59-60-68-80(88)77-85(72-62-56-52-48-44-31-27-23-19-15-11-7-3)74-64-65-75-86(73-63-57-53-49-45-32-28-24-20-16-12-8-4)78-81(89)76-83-71-69-82(90)84-70-61-55-51-47-43-41-39-36-34-30-26-22-18-14-10-6-2/h33-36,80-81,83,88-89H,5-32,37-78H2,1-4H3,(H,84,90)/b35-33+,36-34+. The molecule has 0 fully saturated rings. The van der Waals surface area contributed by atoms with E-state index in [1.54, 1.807) is 0 Å². The molecule has 8 nitrogen and oxygen atoms in total. The van der Waals surface area contributed by atoms with E-state index in [0.29, 0.717) is 38.3 Å². The van der Waals surface area contributed by atoms with E-state index < -0.39 is 6.10 Å². The number of allylic oxidation sites excluding steroid dienone is 4. The fourth-order valence-corrected chi connectivity index (χ4v) is 13.1. The molecule has 1 amide bonds. The normalized spacial score (nSPS) is 12.7. The van der Waals surface area contributed by atoms with E-state index in [2.05, 4.69) is 72.4 Å². The number of hydrogen-bond acceptors (Lipinski definition) is 7. The molecule has 0 bridgehead atoms. The second kappa shape index (κ2) is 76.4. The highest BCUT2D eigenvalue weighted by atomic mass is 16.3. The molecular weight excluding hydrogens is 1100 g/mol. The van der Waals surface area contributed by atoms with Crippen LogP contribution in [0.4, 0.5) is 0 Å². The Kier molecular flexibility index (Phi) is 75.1. The SMILES string of the molecule is CCCCCCCC/C=C/CCCCCCCCCC(=O)CCCCC(O)CN(CCCCCCCCCCCCCC)CCCCN(CCCCCCCCCCCCCC)CC(O)CNCCC(=O)NCCCCCCCC/C=C/CCCCCCCC. The zero-order valence-corrected chi connectivity index (χ0v) is 61.6. The smallest absolute Gasteiger partial charge is 0.221 e. The maximum atomic E-state index is 12.8. The summed E-state index contributed by atoms with van der Waals surface area (Å²) >= 11 is 0. The van der Waals surface area contributed by atoms with Gasteiger partial charge in [-0.3, -0.25) is 9.59 Å². The number of nitrogens with one attached hydrogen (secondary N) is 2. The number of rotatable bonds is 78. The molecule has 90 heavy (non-hydrogen) atoms. The third-order valence-corrected chi connectivity index (χ3v) is 19.2. The molecule has 8 heteroatoms. The Morgan fingerprint density at radius 1 is 0.311 bits per heavy atom. The zero-order valence-electron chi connectivity index (χ0n) is 61.6. The number of ketones is 1. The van der Waals surface area contributed by atoms with Crippen molar-refractivity contribution in [2.75, 3.05) is 58.9 Å². The van der Waals surface area contributed by atoms with Gasteiger partial charge in [-0.15, -0.1) is 0 Å². The first kappa shape index (κ1) is 88.4. The van der Waals surface area contributed by atoms with Crippen LogP contribution < -0.4 is 10.6 Å². The topological polar surface area (TPSA) is 105 Å². The summed E-state index contributed by atoms with van der Waals surface area (Å²) in [4.78, 5) is 30.5. The van der Waals surface area contributed by atoms with Crippen molar-refractivity contribution in [1.82, 2.24) is 20.4 Å². The molecule has 2 atom stereocenters. The zero-order chi connectivity index (χ0) is 65.2. The number of aliphatic hydroxyl groups is 2. The molecular formula is C82H162N4O4. The molecule has 0 heterocycles. The number of amides is 1. The summed E-state index contributed by atoms with van der Waals surface area (Å²) in [6.07, 6.45) is 85.2. The Bertz CT molecular complexity index is 1350. The molecule has 0 aliphatic heterocycles. The molecule has 0 aliphatic rings. The van der Waals surface area contributed by atoms with Crippen LogP contribution in [-0.2, 0) is 9.59 Å². The van der Waals surface area contributed by atoms with Crippen LogP contribution in [-0.4, -0.2) is 103 Å². The van der Waals surface area contributed by atoms with Gasteiger partial charge in [-0.2, -0.15) is 0 Å². The van der Waals surface area contributed by atoms with Crippen LogP contribution in [0.15, 0.2) is 24.3 Å². The Morgan fingerprint density at radius 3 is 0.944 bits per heavy atom. The predicted molar refractivity (Wildman–Crippen MR) is 398 cm³/mol. The van der Waals surface area contributed by atoms with Crippen LogP contribution in [0.5, 0.6) is 0 Å². The summed E-state index contributed by atoms with van der Waals surface area (Å²) in [5.41, 5.74) is 0. The van der Waals surface area contributed by atoms with Gasteiger partial charge in [0.15, 0.2) is 0 Å². The molecule has 4 N–H and O–H groups in total. The highest BCUT2D eigenvalue weighted by Gasteiger charge is 2.16. The number of Topliss-reactive ketones (excluding diaryl/α,β-unsaturated/α-hetero) is 1. The predicted octanol–water partition coefficient (Wildman–Crippen LogP) is 23.6. The van der Waals surface area contributed by atoms with Gasteiger partial charge < -0.3 is 30.6 Å². The van der Waals surface area contributed by atoms with Gasteiger partial charge in [0, 0.05) is 52.0 Å². The number of carbonyl (C=O) groups excluding carboxylic acids is 2. The maximum absolute atomic E-state index is 12.8. The van der Waals surface area contributed by atoms with E-state index >= 15 is 0 Å². The third-order valence-electron chi connectivity index (χ3n) is 19.2. The molecule has 0 aromatic heterocycles. The van der Waals surface area contributed by atoms with Crippen molar-refractivity contribution in [2.45, 2.75) is 432 Å². The number of aliphatic hydroxyl groups excluding tert-OH is 2. The van der Waals surface area contributed by atoms with Crippen molar-refractivity contribution < 1.29 is 19.8 Å². The van der Waals surface area contributed by atoms with Crippen molar-refractivity contribution in [3.8, 4) is 0 Å². The monoisotopic (exact) mass is 1270 g/mol. The van der Waals surface area contributed by atoms with Crippen LogP contribution >= 0.6 is 0 Å².